The molecule has 0 fully saturated rings. The van der Waals surface area contributed by atoms with Crippen molar-refractivity contribution >= 4 is 17.1 Å². The number of nitrogens with zero attached hydrogens (tertiary/aromatic N) is 2. The molecule has 33 heavy (non-hydrogen) atoms. The van der Waals surface area contributed by atoms with Crippen LogP contribution in [0.2, 0.25) is 0 Å². The van der Waals surface area contributed by atoms with E-state index in [0.717, 1.165) is 60.6 Å². The molecule has 0 aliphatic carbocycles. The van der Waals surface area contributed by atoms with Gasteiger partial charge < -0.3 is 14.0 Å². The third kappa shape index (κ3) is 5.83. The average Bonchev–Trinajstić information content (AvgIpc) is 3.21. The maximum atomic E-state index is 6.03. The van der Waals surface area contributed by atoms with Gasteiger partial charge >= 0.3 is 0 Å². The summed E-state index contributed by atoms with van der Waals surface area (Å²) in [5.74, 6) is 2.72. The fourth-order valence-corrected chi connectivity index (χ4v) is 4.12. The van der Waals surface area contributed by atoms with E-state index < -0.39 is 0 Å². The Labute approximate surface area is 196 Å². The Morgan fingerprint density at radius 3 is 2.52 bits per heavy atom. The lowest BCUT2D eigenvalue weighted by Gasteiger charge is -2.12. The molecule has 3 aromatic carbocycles. The Morgan fingerprint density at radius 2 is 1.70 bits per heavy atom. The topological polar surface area (TPSA) is 36.3 Å². The van der Waals surface area contributed by atoms with Gasteiger partial charge in [0.2, 0.25) is 0 Å². The number of para-hydroxylation sites is 2. The summed E-state index contributed by atoms with van der Waals surface area (Å²) in [7, 11) is 1.68. The fourth-order valence-electron chi connectivity index (χ4n) is 4.12. The second-order valence-corrected chi connectivity index (χ2v) is 8.12. The van der Waals surface area contributed by atoms with E-state index in [9.17, 15) is 0 Å². The van der Waals surface area contributed by atoms with Crippen LogP contribution in [0.3, 0.4) is 0 Å². The minimum absolute atomic E-state index is 0.658. The van der Waals surface area contributed by atoms with Crippen molar-refractivity contribution in [2.75, 3.05) is 13.7 Å². The summed E-state index contributed by atoms with van der Waals surface area (Å²) in [6, 6.07) is 25.1. The average molecular weight is 441 g/mol. The fraction of sp³-hybridized carbons (Fsp3) is 0.276. The van der Waals surface area contributed by atoms with E-state index in [4.69, 9.17) is 14.5 Å². The summed E-state index contributed by atoms with van der Waals surface area (Å²) in [4.78, 5) is 4.93. The lowest BCUT2D eigenvalue weighted by molar-refractivity contribution is 0.284. The number of unbranched alkanes of at least 4 members (excludes halogenated alkanes) is 1. The minimum atomic E-state index is 0.658. The minimum Gasteiger partial charge on any atom is -0.493 e. The van der Waals surface area contributed by atoms with Gasteiger partial charge in [-0.05, 0) is 61.6 Å². The molecule has 0 N–H and O–H groups in total. The molecule has 1 heterocycles. The highest BCUT2D eigenvalue weighted by Crippen LogP contribution is 2.29. The second-order valence-electron chi connectivity index (χ2n) is 8.12. The van der Waals surface area contributed by atoms with Crippen LogP contribution in [-0.4, -0.2) is 23.3 Å². The number of hydrogen-bond acceptors (Lipinski definition) is 3. The molecular formula is C29H32N2O2. The molecule has 0 aliphatic rings. The van der Waals surface area contributed by atoms with E-state index in [1.54, 1.807) is 7.11 Å². The molecule has 0 saturated heterocycles. The number of allylic oxidation sites excluding steroid dienone is 1. The van der Waals surface area contributed by atoms with Crippen LogP contribution in [0.4, 0.5) is 0 Å². The van der Waals surface area contributed by atoms with Crippen LogP contribution < -0.4 is 9.47 Å². The summed E-state index contributed by atoms with van der Waals surface area (Å²) in [6.45, 7) is 3.60. The summed E-state index contributed by atoms with van der Waals surface area (Å²) in [6.07, 6.45) is 7.99. The number of hydrogen-bond donors (Lipinski definition) is 0. The Hall–Kier alpha value is -3.53. The smallest absolute Gasteiger partial charge is 0.161 e. The lowest BCUT2D eigenvalue weighted by atomic mass is 10.1. The molecule has 0 saturated carbocycles. The van der Waals surface area contributed by atoms with Gasteiger partial charge in [0.15, 0.2) is 11.5 Å². The first-order chi connectivity index (χ1) is 16.3. The summed E-state index contributed by atoms with van der Waals surface area (Å²) in [5, 5.41) is 0. The molecule has 4 nitrogen and oxygen atoms in total. The van der Waals surface area contributed by atoms with Crippen LogP contribution in [0.15, 0.2) is 78.9 Å². The van der Waals surface area contributed by atoms with Crippen molar-refractivity contribution in [3.8, 4) is 11.5 Å². The van der Waals surface area contributed by atoms with Crippen LogP contribution in [-0.2, 0) is 19.4 Å². The zero-order chi connectivity index (χ0) is 22.9. The van der Waals surface area contributed by atoms with Gasteiger partial charge in [-0.3, -0.25) is 0 Å². The highest BCUT2D eigenvalue weighted by molar-refractivity contribution is 5.75. The van der Waals surface area contributed by atoms with Crippen molar-refractivity contribution < 1.29 is 9.47 Å². The Balaban J connectivity index is 1.36. The normalized spacial score (nSPS) is 11.3. The zero-order valence-corrected chi connectivity index (χ0v) is 19.5. The SMILES string of the molecule is C/C=C/c1ccc(OCCCCn2c(CCc3ccccc3)nc3ccccc32)c(OC)c1. The number of aromatic nitrogens is 2. The number of ether oxygens (including phenoxy) is 2. The highest BCUT2D eigenvalue weighted by Gasteiger charge is 2.11. The number of imidazole rings is 1. The predicted molar refractivity (Wildman–Crippen MR) is 136 cm³/mol. The van der Waals surface area contributed by atoms with Crippen molar-refractivity contribution in [1.82, 2.24) is 9.55 Å². The molecule has 0 spiro atoms. The standard InChI is InChI=1S/C29H32N2O2/c1-3-11-24-16-18-27(28(22-24)32-2)33-21-10-9-20-31-26-15-8-7-14-25(26)30-29(31)19-17-23-12-5-4-6-13-23/h3-8,11-16,18,22H,9-10,17,19-21H2,1-2H3/b11-3+. The van der Waals surface area contributed by atoms with Crippen molar-refractivity contribution in [1.29, 1.82) is 0 Å². The van der Waals surface area contributed by atoms with Gasteiger partial charge in [-0.25, -0.2) is 4.98 Å². The monoisotopic (exact) mass is 440 g/mol. The third-order valence-electron chi connectivity index (χ3n) is 5.79. The quantitative estimate of drug-likeness (QED) is 0.243. The lowest BCUT2D eigenvalue weighted by Crippen LogP contribution is -2.07. The van der Waals surface area contributed by atoms with Crippen molar-refractivity contribution in [3.05, 3.63) is 95.8 Å². The predicted octanol–water partition coefficient (Wildman–Crippen LogP) is 6.72. The van der Waals surface area contributed by atoms with E-state index in [1.165, 1.54) is 11.1 Å². The van der Waals surface area contributed by atoms with Crippen LogP contribution in [0.25, 0.3) is 17.1 Å². The number of methoxy groups -OCH3 is 1. The van der Waals surface area contributed by atoms with Gasteiger partial charge in [0, 0.05) is 13.0 Å². The molecule has 0 radical (unpaired) electrons. The maximum absolute atomic E-state index is 6.03. The molecule has 4 rings (SSSR count). The van der Waals surface area contributed by atoms with Gasteiger partial charge in [0.1, 0.15) is 5.82 Å². The van der Waals surface area contributed by atoms with Crippen molar-refractivity contribution in [2.24, 2.45) is 0 Å². The van der Waals surface area contributed by atoms with Gasteiger partial charge in [-0.1, -0.05) is 60.7 Å². The van der Waals surface area contributed by atoms with Gasteiger partial charge in [-0.15, -0.1) is 0 Å². The molecule has 4 heteroatoms. The molecule has 0 aliphatic heterocycles. The first-order valence-corrected chi connectivity index (χ1v) is 11.7. The molecular weight excluding hydrogens is 408 g/mol. The molecule has 4 aromatic rings. The van der Waals surface area contributed by atoms with E-state index in [2.05, 4.69) is 71.3 Å². The first-order valence-electron chi connectivity index (χ1n) is 11.7. The van der Waals surface area contributed by atoms with Crippen molar-refractivity contribution in [3.63, 3.8) is 0 Å². The molecule has 170 valence electrons. The van der Waals surface area contributed by atoms with E-state index >= 15 is 0 Å². The Morgan fingerprint density at radius 1 is 0.879 bits per heavy atom. The van der Waals surface area contributed by atoms with Crippen LogP contribution >= 0.6 is 0 Å². The molecule has 1 aromatic heterocycles. The van der Waals surface area contributed by atoms with Gasteiger partial charge in [0.05, 0.1) is 24.8 Å². The third-order valence-corrected chi connectivity index (χ3v) is 5.79. The first kappa shape index (κ1) is 22.7. The van der Waals surface area contributed by atoms with Crippen LogP contribution in [0, 0.1) is 0 Å². The number of fused-ring (bicyclic) bond motifs is 1. The summed E-state index contributed by atoms with van der Waals surface area (Å²) >= 11 is 0. The number of aryl methyl sites for hydroxylation is 3. The maximum Gasteiger partial charge on any atom is 0.161 e. The van der Waals surface area contributed by atoms with Crippen LogP contribution in [0.1, 0.15) is 36.7 Å². The largest absolute Gasteiger partial charge is 0.493 e. The molecule has 0 amide bonds. The highest BCUT2D eigenvalue weighted by atomic mass is 16.5. The molecule has 0 bridgehead atoms. The Kier molecular flexibility index (Phi) is 7.81. The second kappa shape index (κ2) is 11.4. The van der Waals surface area contributed by atoms with E-state index in [0.29, 0.717) is 6.61 Å². The molecule has 0 atom stereocenters. The zero-order valence-electron chi connectivity index (χ0n) is 19.5. The van der Waals surface area contributed by atoms with Gasteiger partial charge in [-0.2, -0.15) is 0 Å². The Bertz CT molecular complexity index is 1190. The van der Waals surface area contributed by atoms with E-state index in [1.807, 2.05) is 25.1 Å². The van der Waals surface area contributed by atoms with Crippen molar-refractivity contribution in [2.45, 2.75) is 39.2 Å². The summed E-state index contributed by atoms with van der Waals surface area (Å²) < 4.78 is 13.9. The summed E-state index contributed by atoms with van der Waals surface area (Å²) in [5.41, 5.74) is 4.74. The number of rotatable bonds is 11. The number of benzene rings is 3. The van der Waals surface area contributed by atoms with E-state index in [-0.39, 0.29) is 0 Å². The van der Waals surface area contributed by atoms with Crippen LogP contribution in [0.5, 0.6) is 11.5 Å². The molecule has 0 unspecified atom stereocenters. The van der Waals surface area contributed by atoms with Gasteiger partial charge in [0.25, 0.3) is 0 Å².